The fraction of sp³-hybridized carbons (Fsp3) is 0.652. The van der Waals surface area contributed by atoms with Crippen LogP contribution in [0.5, 0.6) is 5.75 Å². The monoisotopic (exact) mass is 449 g/mol. The zero-order chi connectivity index (χ0) is 22.4. The van der Waals surface area contributed by atoms with Crippen molar-refractivity contribution in [1.82, 2.24) is 14.7 Å². The molecule has 0 bridgehead atoms. The number of piperidine rings is 1. The van der Waals surface area contributed by atoms with Crippen LogP contribution in [-0.2, 0) is 16.1 Å². The zero-order valence-electron chi connectivity index (χ0n) is 19.1. The zero-order valence-corrected chi connectivity index (χ0v) is 20.0. The minimum Gasteiger partial charge on any atom is -0.497 e. The minimum absolute atomic E-state index is 0.0529. The number of ether oxygens (including phenoxy) is 2. The molecule has 0 saturated carbocycles. The predicted molar refractivity (Wildman–Crippen MR) is 124 cm³/mol. The number of carbonyl (C=O) groups is 2. The maximum absolute atomic E-state index is 13.7. The van der Waals surface area contributed by atoms with Crippen LogP contribution in [0.3, 0.4) is 0 Å². The first-order valence-electron chi connectivity index (χ1n) is 10.9. The Hall–Kier alpha value is -1.77. The van der Waals surface area contributed by atoms with Gasteiger partial charge in [-0.15, -0.1) is 0 Å². The first-order valence-corrected chi connectivity index (χ1v) is 12.3. The van der Waals surface area contributed by atoms with Gasteiger partial charge in [0.05, 0.1) is 13.7 Å². The third kappa shape index (κ3) is 5.02. The fourth-order valence-electron chi connectivity index (χ4n) is 4.68. The number of carbonyl (C=O) groups excluding carboxylic acids is 2. The van der Waals surface area contributed by atoms with E-state index in [2.05, 4.69) is 18.1 Å². The maximum Gasteiger partial charge on any atom is 0.327 e. The Morgan fingerprint density at radius 3 is 2.39 bits per heavy atom. The van der Waals surface area contributed by atoms with Crippen molar-refractivity contribution in [2.75, 3.05) is 52.5 Å². The molecule has 1 aromatic rings. The van der Waals surface area contributed by atoms with Crippen LogP contribution in [0.15, 0.2) is 24.3 Å². The standard InChI is InChI=1S/C23H35N3O4S/c1-18(17-31-4)24-13-10-23(11-14-24)21(27)25(22(28)26(23)12-5-15-29-2)16-19-6-8-20(30-3)9-7-19/h6-9,18H,5,10-17H2,1-4H3. The lowest BCUT2D eigenvalue weighted by Crippen LogP contribution is -2.58. The van der Waals surface area contributed by atoms with Crippen molar-refractivity contribution in [1.29, 1.82) is 0 Å². The van der Waals surface area contributed by atoms with E-state index in [4.69, 9.17) is 9.47 Å². The normalized spacial score (nSPS) is 20.0. The van der Waals surface area contributed by atoms with E-state index in [9.17, 15) is 9.59 Å². The molecule has 0 aliphatic carbocycles. The van der Waals surface area contributed by atoms with Gasteiger partial charge in [0.2, 0.25) is 0 Å². The molecule has 3 amide bonds. The van der Waals surface area contributed by atoms with E-state index >= 15 is 0 Å². The summed E-state index contributed by atoms with van der Waals surface area (Å²) in [6, 6.07) is 7.83. The van der Waals surface area contributed by atoms with Crippen LogP contribution in [0, 0.1) is 0 Å². The van der Waals surface area contributed by atoms with Crippen molar-refractivity contribution in [3.8, 4) is 5.75 Å². The topological polar surface area (TPSA) is 62.3 Å². The second kappa shape index (κ2) is 10.7. The average molecular weight is 450 g/mol. The Kier molecular flexibility index (Phi) is 8.24. The Balaban J connectivity index is 1.78. The summed E-state index contributed by atoms with van der Waals surface area (Å²) in [5.74, 6) is 1.77. The molecule has 1 aromatic carbocycles. The summed E-state index contributed by atoms with van der Waals surface area (Å²) in [6.07, 6.45) is 4.21. The van der Waals surface area contributed by atoms with Gasteiger partial charge in [0, 0.05) is 45.1 Å². The largest absolute Gasteiger partial charge is 0.497 e. The van der Waals surface area contributed by atoms with Crippen LogP contribution < -0.4 is 4.74 Å². The molecule has 31 heavy (non-hydrogen) atoms. The minimum atomic E-state index is -0.729. The van der Waals surface area contributed by atoms with Crippen LogP contribution in [-0.4, -0.2) is 90.7 Å². The molecule has 1 atom stereocenters. The van der Waals surface area contributed by atoms with Gasteiger partial charge in [-0.2, -0.15) is 11.8 Å². The Morgan fingerprint density at radius 1 is 1.13 bits per heavy atom. The van der Waals surface area contributed by atoms with Crippen molar-refractivity contribution in [3.05, 3.63) is 29.8 Å². The van der Waals surface area contributed by atoms with Crippen molar-refractivity contribution in [3.63, 3.8) is 0 Å². The molecule has 3 rings (SSSR count). The van der Waals surface area contributed by atoms with Crippen molar-refractivity contribution in [2.45, 2.75) is 44.3 Å². The lowest BCUT2D eigenvalue weighted by atomic mass is 9.85. The fourth-order valence-corrected chi connectivity index (χ4v) is 5.37. The van der Waals surface area contributed by atoms with E-state index in [0.717, 1.165) is 36.6 Å². The van der Waals surface area contributed by atoms with E-state index in [1.165, 1.54) is 4.90 Å². The number of nitrogens with zero attached hydrogens (tertiary/aromatic N) is 3. The molecule has 0 aromatic heterocycles. The number of hydrogen-bond acceptors (Lipinski definition) is 6. The number of thioether (sulfide) groups is 1. The van der Waals surface area contributed by atoms with Gasteiger partial charge in [0.25, 0.3) is 5.91 Å². The molecule has 172 valence electrons. The number of likely N-dealkylation sites (tertiary alicyclic amines) is 1. The van der Waals surface area contributed by atoms with E-state index in [1.807, 2.05) is 40.9 Å². The summed E-state index contributed by atoms with van der Waals surface area (Å²) in [5.41, 5.74) is 0.190. The summed E-state index contributed by atoms with van der Waals surface area (Å²) in [6.45, 7) is 5.30. The number of rotatable bonds is 10. The summed E-state index contributed by atoms with van der Waals surface area (Å²) in [7, 11) is 3.28. The van der Waals surface area contributed by atoms with Crippen molar-refractivity contribution < 1.29 is 19.1 Å². The number of imide groups is 1. The molecule has 8 heteroatoms. The number of methoxy groups -OCH3 is 2. The predicted octanol–water partition coefficient (Wildman–Crippen LogP) is 3.08. The van der Waals surface area contributed by atoms with Gasteiger partial charge >= 0.3 is 6.03 Å². The maximum atomic E-state index is 13.7. The van der Waals surface area contributed by atoms with E-state index < -0.39 is 5.54 Å². The average Bonchev–Trinajstić information content (AvgIpc) is 2.97. The number of amides is 3. The highest BCUT2D eigenvalue weighted by molar-refractivity contribution is 7.98. The van der Waals surface area contributed by atoms with Gasteiger partial charge in [-0.3, -0.25) is 14.6 Å². The molecule has 2 aliphatic rings. The highest BCUT2D eigenvalue weighted by atomic mass is 32.2. The quantitative estimate of drug-likeness (QED) is 0.404. The molecule has 7 nitrogen and oxygen atoms in total. The van der Waals surface area contributed by atoms with Gasteiger partial charge in [0.15, 0.2) is 0 Å². The van der Waals surface area contributed by atoms with Crippen LogP contribution in [0.1, 0.15) is 31.7 Å². The Labute approximate surface area is 190 Å². The van der Waals surface area contributed by atoms with E-state index in [1.54, 1.807) is 14.2 Å². The van der Waals surface area contributed by atoms with Gasteiger partial charge in [-0.05, 0) is 50.1 Å². The second-order valence-corrected chi connectivity index (χ2v) is 9.30. The number of urea groups is 1. The lowest BCUT2D eigenvalue weighted by Gasteiger charge is -2.44. The van der Waals surface area contributed by atoms with Gasteiger partial charge in [-0.1, -0.05) is 12.1 Å². The first-order chi connectivity index (χ1) is 15.0. The highest BCUT2D eigenvalue weighted by Crippen LogP contribution is 2.38. The van der Waals surface area contributed by atoms with Crippen LogP contribution in [0.25, 0.3) is 0 Å². The van der Waals surface area contributed by atoms with Crippen LogP contribution in [0.2, 0.25) is 0 Å². The lowest BCUT2D eigenvalue weighted by molar-refractivity contribution is -0.136. The van der Waals surface area contributed by atoms with Gasteiger partial charge in [0.1, 0.15) is 11.3 Å². The number of benzene rings is 1. The molecule has 2 saturated heterocycles. The molecule has 0 N–H and O–H groups in total. The van der Waals surface area contributed by atoms with Gasteiger partial charge in [-0.25, -0.2) is 4.79 Å². The summed E-state index contributed by atoms with van der Waals surface area (Å²) >= 11 is 1.84. The summed E-state index contributed by atoms with van der Waals surface area (Å²) in [5, 5.41) is 0. The van der Waals surface area contributed by atoms with Crippen molar-refractivity contribution >= 4 is 23.7 Å². The Morgan fingerprint density at radius 2 is 1.81 bits per heavy atom. The van der Waals surface area contributed by atoms with Crippen LogP contribution >= 0.6 is 11.8 Å². The summed E-state index contributed by atoms with van der Waals surface area (Å²) < 4.78 is 10.4. The second-order valence-electron chi connectivity index (χ2n) is 8.39. The first kappa shape index (κ1) is 23.9. The molecule has 2 aliphatic heterocycles. The molecular formula is C23H35N3O4S. The molecule has 1 unspecified atom stereocenters. The molecule has 2 heterocycles. The van der Waals surface area contributed by atoms with E-state index in [-0.39, 0.29) is 18.5 Å². The molecule has 0 radical (unpaired) electrons. The third-order valence-corrected chi connectivity index (χ3v) is 7.32. The highest BCUT2D eigenvalue weighted by Gasteiger charge is 2.57. The van der Waals surface area contributed by atoms with Crippen LogP contribution in [0.4, 0.5) is 4.79 Å². The molecule has 1 spiro atoms. The Bertz CT molecular complexity index is 750. The van der Waals surface area contributed by atoms with Gasteiger partial charge < -0.3 is 14.4 Å². The number of hydrogen-bond donors (Lipinski definition) is 0. The SMILES string of the molecule is COCCCN1C(=O)N(Cc2ccc(OC)cc2)C(=O)C12CCN(C(C)CSC)CC2. The van der Waals surface area contributed by atoms with Crippen molar-refractivity contribution in [2.24, 2.45) is 0 Å². The summed E-state index contributed by atoms with van der Waals surface area (Å²) in [4.78, 5) is 32.7. The molecular weight excluding hydrogens is 414 g/mol. The third-order valence-electron chi connectivity index (χ3n) is 6.51. The smallest absolute Gasteiger partial charge is 0.327 e. The van der Waals surface area contributed by atoms with E-state index in [0.29, 0.717) is 32.0 Å². The molecule has 2 fully saturated rings.